The predicted molar refractivity (Wildman–Crippen MR) is 80.8 cm³/mol. The minimum Gasteiger partial charge on any atom is -0.347 e. The number of hydrogen-bond donors (Lipinski definition) is 1. The summed E-state index contributed by atoms with van der Waals surface area (Å²) in [5.74, 6) is -0.0157. The molecule has 20 heavy (non-hydrogen) atoms. The fraction of sp³-hybridized carbons (Fsp3) is 0.625. The number of aryl methyl sites for hydroxylation is 1. The number of amides is 1. The summed E-state index contributed by atoms with van der Waals surface area (Å²) in [7, 11) is 0. The molecule has 1 aliphatic rings. The Morgan fingerprint density at radius 3 is 2.50 bits per heavy atom. The number of rotatable bonds is 3. The Morgan fingerprint density at radius 1 is 1.35 bits per heavy atom. The van der Waals surface area contributed by atoms with Gasteiger partial charge in [0.1, 0.15) is 0 Å². The van der Waals surface area contributed by atoms with Crippen LogP contribution in [0.1, 0.15) is 49.7 Å². The molecule has 0 atom stereocenters. The fourth-order valence-corrected chi connectivity index (χ4v) is 2.61. The lowest BCUT2D eigenvalue weighted by atomic mass is 9.88. The van der Waals surface area contributed by atoms with Gasteiger partial charge in [-0.15, -0.1) is 0 Å². The zero-order valence-electron chi connectivity index (χ0n) is 12.9. The molecule has 4 nitrogen and oxygen atoms in total. The van der Waals surface area contributed by atoms with Crippen LogP contribution in [0.5, 0.6) is 0 Å². The molecule has 1 saturated heterocycles. The van der Waals surface area contributed by atoms with E-state index >= 15 is 0 Å². The second kappa shape index (κ2) is 5.92. The lowest BCUT2D eigenvalue weighted by Crippen LogP contribution is -2.54. The number of nitrogens with zero attached hydrogens (tertiary/aromatic N) is 2. The summed E-state index contributed by atoms with van der Waals surface area (Å²) >= 11 is 0. The molecular weight excluding hydrogens is 250 g/mol. The van der Waals surface area contributed by atoms with Gasteiger partial charge >= 0.3 is 0 Å². The van der Waals surface area contributed by atoms with E-state index in [0.29, 0.717) is 11.6 Å². The van der Waals surface area contributed by atoms with Crippen molar-refractivity contribution in [2.45, 2.75) is 52.1 Å². The van der Waals surface area contributed by atoms with Crippen molar-refractivity contribution in [2.75, 3.05) is 13.1 Å². The van der Waals surface area contributed by atoms with Crippen LogP contribution in [0.15, 0.2) is 18.3 Å². The van der Waals surface area contributed by atoms with Gasteiger partial charge in [-0.05, 0) is 52.7 Å². The first-order valence-corrected chi connectivity index (χ1v) is 7.39. The van der Waals surface area contributed by atoms with E-state index in [0.717, 1.165) is 31.6 Å². The van der Waals surface area contributed by atoms with Crippen LogP contribution in [0.4, 0.5) is 0 Å². The molecule has 1 N–H and O–H groups in total. The Balaban J connectivity index is 1.96. The van der Waals surface area contributed by atoms with Gasteiger partial charge in [0.05, 0.1) is 5.56 Å². The van der Waals surface area contributed by atoms with Crippen molar-refractivity contribution in [3.63, 3.8) is 0 Å². The minimum atomic E-state index is -0.104. The van der Waals surface area contributed by atoms with Gasteiger partial charge in [-0.25, -0.2) is 0 Å². The van der Waals surface area contributed by atoms with Crippen LogP contribution < -0.4 is 5.32 Å². The highest BCUT2D eigenvalue weighted by molar-refractivity contribution is 5.94. The van der Waals surface area contributed by atoms with Gasteiger partial charge in [-0.3, -0.25) is 9.78 Å². The van der Waals surface area contributed by atoms with Gasteiger partial charge in [0.25, 0.3) is 5.91 Å². The Morgan fingerprint density at radius 2 is 2.00 bits per heavy atom. The number of aromatic nitrogens is 1. The summed E-state index contributed by atoms with van der Waals surface area (Å²) in [5.41, 5.74) is 1.47. The molecule has 0 spiro atoms. The summed E-state index contributed by atoms with van der Waals surface area (Å²) in [6, 6.07) is 4.29. The van der Waals surface area contributed by atoms with Gasteiger partial charge in [0, 0.05) is 36.6 Å². The van der Waals surface area contributed by atoms with Gasteiger partial charge in [-0.1, -0.05) is 0 Å². The van der Waals surface area contributed by atoms with Crippen molar-refractivity contribution in [2.24, 2.45) is 0 Å². The summed E-state index contributed by atoms with van der Waals surface area (Å²) in [6.45, 7) is 10.6. The Labute approximate surface area is 121 Å². The Bertz CT molecular complexity index is 459. The first kappa shape index (κ1) is 15.0. The average molecular weight is 275 g/mol. The molecule has 2 heterocycles. The molecule has 1 fully saturated rings. The van der Waals surface area contributed by atoms with Crippen molar-refractivity contribution >= 4 is 5.91 Å². The zero-order valence-corrected chi connectivity index (χ0v) is 12.9. The average Bonchev–Trinajstić information content (AvgIpc) is 2.39. The highest BCUT2D eigenvalue weighted by Gasteiger charge is 2.32. The van der Waals surface area contributed by atoms with Gasteiger partial charge in [0.2, 0.25) is 0 Å². The predicted octanol–water partition coefficient (Wildman–Crippen LogP) is 2.38. The number of piperidine rings is 1. The maximum absolute atomic E-state index is 12.3. The van der Waals surface area contributed by atoms with Crippen LogP contribution >= 0.6 is 0 Å². The van der Waals surface area contributed by atoms with E-state index in [4.69, 9.17) is 0 Å². The number of hydrogen-bond acceptors (Lipinski definition) is 3. The minimum absolute atomic E-state index is 0.0157. The van der Waals surface area contributed by atoms with Crippen LogP contribution in [0, 0.1) is 6.92 Å². The normalized spacial score (nSPS) is 19.1. The Hall–Kier alpha value is -1.42. The molecular formula is C16H25N3O. The lowest BCUT2D eigenvalue weighted by Gasteiger charge is -2.41. The van der Waals surface area contributed by atoms with Gasteiger partial charge in [-0.2, -0.15) is 0 Å². The zero-order chi connectivity index (χ0) is 14.8. The second-order valence-electron chi connectivity index (χ2n) is 6.33. The first-order valence-electron chi connectivity index (χ1n) is 7.39. The van der Waals surface area contributed by atoms with Crippen molar-refractivity contribution in [1.82, 2.24) is 15.2 Å². The molecule has 0 unspecified atom stereocenters. The molecule has 1 aromatic rings. The molecule has 1 aromatic heterocycles. The van der Waals surface area contributed by atoms with Gasteiger partial charge in [0.15, 0.2) is 0 Å². The van der Waals surface area contributed by atoms with E-state index in [-0.39, 0.29) is 11.4 Å². The highest BCUT2D eigenvalue weighted by Crippen LogP contribution is 2.23. The summed E-state index contributed by atoms with van der Waals surface area (Å²) in [5, 5.41) is 3.18. The van der Waals surface area contributed by atoms with E-state index in [1.54, 1.807) is 6.20 Å². The van der Waals surface area contributed by atoms with Crippen LogP contribution in [0.3, 0.4) is 0 Å². The van der Waals surface area contributed by atoms with Crippen LogP contribution in [-0.2, 0) is 0 Å². The third-order valence-corrected chi connectivity index (χ3v) is 4.22. The van der Waals surface area contributed by atoms with Gasteiger partial charge < -0.3 is 10.2 Å². The number of pyridine rings is 1. The quantitative estimate of drug-likeness (QED) is 0.921. The number of likely N-dealkylation sites (tertiary alicyclic amines) is 1. The standard InChI is InChI=1S/C16H25N3O/c1-12(2)19-9-7-16(4,8-10-19)18-15(20)14-6-5-13(3)17-11-14/h5-6,11-12H,7-10H2,1-4H3,(H,18,20). The van der Waals surface area contributed by atoms with E-state index in [9.17, 15) is 4.79 Å². The third kappa shape index (κ3) is 3.57. The number of carbonyl (C=O) groups excluding carboxylic acids is 1. The SMILES string of the molecule is Cc1ccc(C(=O)NC2(C)CCN(C(C)C)CC2)cn1. The summed E-state index contributed by atoms with van der Waals surface area (Å²) in [4.78, 5) is 18.9. The smallest absolute Gasteiger partial charge is 0.253 e. The first-order chi connectivity index (χ1) is 9.39. The van der Waals surface area contributed by atoms with Crippen LogP contribution in [0.2, 0.25) is 0 Å². The largest absolute Gasteiger partial charge is 0.347 e. The second-order valence-corrected chi connectivity index (χ2v) is 6.33. The Kier molecular flexibility index (Phi) is 4.43. The van der Waals surface area contributed by atoms with Crippen molar-refractivity contribution < 1.29 is 4.79 Å². The van der Waals surface area contributed by atoms with E-state index in [1.807, 2.05) is 19.1 Å². The topological polar surface area (TPSA) is 45.2 Å². The maximum atomic E-state index is 12.3. The van der Waals surface area contributed by atoms with Crippen molar-refractivity contribution in [1.29, 1.82) is 0 Å². The molecule has 0 aliphatic carbocycles. The molecule has 0 aromatic carbocycles. The van der Waals surface area contributed by atoms with E-state index in [2.05, 4.69) is 36.0 Å². The van der Waals surface area contributed by atoms with Crippen molar-refractivity contribution in [3.8, 4) is 0 Å². The van der Waals surface area contributed by atoms with Crippen molar-refractivity contribution in [3.05, 3.63) is 29.6 Å². The highest BCUT2D eigenvalue weighted by atomic mass is 16.1. The molecule has 4 heteroatoms. The summed E-state index contributed by atoms with van der Waals surface area (Å²) < 4.78 is 0. The fourth-order valence-electron chi connectivity index (χ4n) is 2.61. The molecule has 1 aliphatic heterocycles. The molecule has 0 bridgehead atoms. The van der Waals surface area contributed by atoms with Crippen LogP contribution in [0.25, 0.3) is 0 Å². The maximum Gasteiger partial charge on any atom is 0.253 e. The molecule has 1 amide bonds. The molecule has 0 saturated carbocycles. The molecule has 110 valence electrons. The number of nitrogens with one attached hydrogen (secondary N) is 1. The van der Waals surface area contributed by atoms with E-state index < -0.39 is 0 Å². The molecule has 2 rings (SSSR count). The van der Waals surface area contributed by atoms with E-state index in [1.165, 1.54) is 0 Å². The number of carbonyl (C=O) groups is 1. The third-order valence-electron chi connectivity index (χ3n) is 4.22. The monoisotopic (exact) mass is 275 g/mol. The summed E-state index contributed by atoms with van der Waals surface area (Å²) in [6.07, 6.45) is 3.64. The van der Waals surface area contributed by atoms with Crippen LogP contribution in [-0.4, -0.2) is 40.5 Å². The lowest BCUT2D eigenvalue weighted by molar-refractivity contribution is 0.0801. The molecule has 0 radical (unpaired) electrons.